The SMILES string of the molecule is CCCCCC/C=C/OC(=O)c1ccccc1O. The Bertz CT molecular complexity index is 396. The van der Waals surface area contributed by atoms with Gasteiger partial charge in [-0.3, -0.25) is 0 Å². The van der Waals surface area contributed by atoms with E-state index in [1.165, 1.54) is 37.7 Å². The van der Waals surface area contributed by atoms with E-state index in [0.29, 0.717) is 0 Å². The minimum absolute atomic E-state index is 0.0566. The normalized spacial score (nSPS) is 10.7. The summed E-state index contributed by atoms with van der Waals surface area (Å²) in [4.78, 5) is 11.6. The molecule has 0 spiro atoms. The lowest BCUT2D eigenvalue weighted by atomic mass is 10.1. The van der Waals surface area contributed by atoms with E-state index in [0.717, 1.165) is 12.8 Å². The van der Waals surface area contributed by atoms with Crippen molar-refractivity contribution in [2.24, 2.45) is 0 Å². The second-order valence-corrected chi connectivity index (χ2v) is 4.14. The van der Waals surface area contributed by atoms with Crippen LogP contribution in [0, 0.1) is 0 Å². The summed E-state index contributed by atoms with van der Waals surface area (Å²) < 4.78 is 4.94. The molecule has 1 N–H and O–H groups in total. The standard InChI is InChI=1S/C15H20O3/c1-2-3-4-5-6-9-12-18-15(17)13-10-7-8-11-14(13)16/h7-12,16H,2-6H2,1H3/b12-9+. The number of carbonyl (C=O) groups excluding carboxylic acids is 1. The zero-order valence-corrected chi connectivity index (χ0v) is 10.8. The maximum Gasteiger partial charge on any atom is 0.346 e. The summed E-state index contributed by atoms with van der Waals surface area (Å²) in [6.45, 7) is 2.17. The Hall–Kier alpha value is -1.77. The molecule has 0 aromatic heterocycles. The molecule has 0 heterocycles. The number of hydrogen-bond acceptors (Lipinski definition) is 3. The van der Waals surface area contributed by atoms with Gasteiger partial charge < -0.3 is 9.84 Å². The van der Waals surface area contributed by atoms with Crippen molar-refractivity contribution in [1.29, 1.82) is 0 Å². The highest BCUT2D eigenvalue weighted by molar-refractivity contribution is 5.92. The molecule has 3 heteroatoms. The number of unbranched alkanes of at least 4 members (excludes halogenated alkanes) is 4. The molecular formula is C15H20O3. The number of aromatic hydroxyl groups is 1. The Morgan fingerprint density at radius 2 is 2.06 bits per heavy atom. The first kappa shape index (κ1) is 14.3. The molecule has 98 valence electrons. The molecule has 0 aliphatic rings. The van der Waals surface area contributed by atoms with Crippen LogP contribution in [0.1, 0.15) is 49.4 Å². The number of rotatable bonds is 7. The van der Waals surface area contributed by atoms with Crippen molar-refractivity contribution in [3.63, 3.8) is 0 Å². The number of carbonyl (C=O) groups is 1. The number of esters is 1. The lowest BCUT2D eigenvalue weighted by molar-refractivity contribution is 0.0659. The first-order valence-electron chi connectivity index (χ1n) is 6.39. The number of para-hydroxylation sites is 1. The number of benzene rings is 1. The van der Waals surface area contributed by atoms with Crippen molar-refractivity contribution in [1.82, 2.24) is 0 Å². The molecule has 0 bridgehead atoms. The van der Waals surface area contributed by atoms with Crippen LogP contribution in [0.4, 0.5) is 0 Å². The Morgan fingerprint density at radius 1 is 1.28 bits per heavy atom. The fraction of sp³-hybridized carbons (Fsp3) is 0.400. The first-order valence-corrected chi connectivity index (χ1v) is 6.39. The van der Waals surface area contributed by atoms with Crippen LogP contribution in [-0.2, 0) is 4.74 Å². The summed E-state index contributed by atoms with van der Waals surface area (Å²) in [7, 11) is 0. The van der Waals surface area contributed by atoms with Crippen LogP contribution in [0.25, 0.3) is 0 Å². The van der Waals surface area contributed by atoms with Gasteiger partial charge >= 0.3 is 5.97 Å². The van der Waals surface area contributed by atoms with Gasteiger partial charge in [0.15, 0.2) is 0 Å². The van der Waals surface area contributed by atoms with Crippen molar-refractivity contribution in [3.05, 3.63) is 42.2 Å². The van der Waals surface area contributed by atoms with Gasteiger partial charge in [0, 0.05) is 0 Å². The van der Waals surface area contributed by atoms with Gasteiger partial charge in [0.1, 0.15) is 11.3 Å². The van der Waals surface area contributed by atoms with Crippen molar-refractivity contribution in [2.45, 2.75) is 39.0 Å². The average molecular weight is 248 g/mol. The number of hydrogen-bond donors (Lipinski definition) is 1. The summed E-state index contributed by atoms with van der Waals surface area (Å²) in [5.74, 6) is -0.586. The monoisotopic (exact) mass is 248 g/mol. The van der Waals surface area contributed by atoms with E-state index in [9.17, 15) is 9.90 Å². The molecule has 18 heavy (non-hydrogen) atoms. The molecule has 0 aliphatic heterocycles. The highest BCUT2D eigenvalue weighted by atomic mass is 16.5. The van der Waals surface area contributed by atoms with Crippen LogP contribution in [-0.4, -0.2) is 11.1 Å². The number of phenols is 1. The lowest BCUT2D eigenvalue weighted by Gasteiger charge is -2.01. The molecule has 1 aromatic carbocycles. The smallest absolute Gasteiger partial charge is 0.346 e. The Morgan fingerprint density at radius 3 is 2.78 bits per heavy atom. The molecule has 1 aromatic rings. The van der Waals surface area contributed by atoms with Crippen LogP contribution in [0.3, 0.4) is 0 Å². The molecular weight excluding hydrogens is 228 g/mol. The van der Waals surface area contributed by atoms with Gasteiger partial charge in [0.25, 0.3) is 0 Å². The van der Waals surface area contributed by atoms with Gasteiger partial charge in [-0.2, -0.15) is 0 Å². The Kier molecular flexibility index (Phi) is 6.62. The minimum Gasteiger partial charge on any atom is -0.507 e. The van der Waals surface area contributed by atoms with E-state index in [-0.39, 0.29) is 11.3 Å². The molecule has 0 fully saturated rings. The first-order chi connectivity index (χ1) is 8.75. The largest absolute Gasteiger partial charge is 0.507 e. The molecule has 0 radical (unpaired) electrons. The Labute approximate surface area is 108 Å². The lowest BCUT2D eigenvalue weighted by Crippen LogP contribution is -2.00. The van der Waals surface area contributed by atoms with E-state index < -0.39 is 5.97 Å². The van der Waals surface area contributed by atoms with Gasteiger partial charge in [-0.15, -0.1) is 0 Å². The van der Waals surface area contributed by atoms with E-state index in [1.807, 2.05) is 6.08 Å². The van der Waals surface area contributed by atoms with Crippen LogP contribution in [0.2, 0.25) is 0 Å². The van der Waals surface area contributed by atoms with Crippen LogP contribution in [0.5, 0.6) is 5.75 Å². The maximum atomic E-state index is 11.6. The van der Waals surface area contributed by atoms with Crippen LogP contribution >= 0.6 is 0 Å². The van der Waals surface area contributed by atoms with Gasteiger partial charge in [-0.25, -0.2) is 4.79 Å². The molecule has 3 nitrogen and oxygen atoms in total. The number of phenolic OH excluding ortho intramolecular Hbond substituents is 1. The summed E-state index contributed by atoms with van der Waals surface area (Å²) >= 11 is 0. The molecule has 0 saturated carbocycles. The van der Waals surface area contributed by atoms with Crippen LogP contribution < -0.4 is 0 Å². The van der Waals surface area contributed by atoms with Crippen molar-refractivity contribution in [2.75, 3.05) is 0 Å². The van der Waals surface area contributed by atoms with Gasteiger partial charge in [-0.1, -0.05) is 38.3 Å². The van der Waals surface area contributed by atoms with Crippen LogP contribution in [0.15, 0.2) is 36.6 Å². The number of ether oxygens (including phenoxy) is 1. The molecule has 1 rings (SSSR count). The van der Waals surface area contributed by atoms with E-state index in [2.05, 4.69) is 6.92 Å². The van der Waals surface area contributed by atoms with Crippen molar-refractivity contribution in [3.8, 4) is 5.75 Å². The maximum absolute atomic E-state index is 11.6. The van der Waals surface area contributed by atoms with E-state index in [4.69, 9.17) is 4.74 Å². The molecule has 0 unspecified atom stereocenters. The number of allylic oxidation sites excluding steroid dienone is 1. The fourth-order valence-corrected chi connectivity index (χ4v) is 1.58. The minimum atomic E-state index is -0.530. The predicted octanol–water partition coefficient (Wildman–Crippen LogP) is 4.03. The molecule has 0 saturated heterocycles. The second kappa shape index (κ2) is 8.34. The average Bonchev–Trinajstić information content (AvgIpc) is 2.38. The predicted molar refractivity (Wildman–Crippen MR) is 71.4 cm³/mol. The topological polar surface area (TPSA) is 46.5 Å². The van der Waals surface area contributed by atoms with E-state index in [1.54, 1.807) is 12.1 Å². The van der Waals surface area contributed by atoms with Gasteiger partial charge in [-0.05, 0) is 31.1 Å². The van der Waals surface area contributed by atoms with Crippen molar-refractivity contribution >= 4 is 5.97 Å². The molecule has 0 atom stereocenters. The fourth-order valence-electron chi connectivity index (χ4n) is 1.58. The van der Waals surface area contributed by atoms with Gasteiger partial charge in [0.05, 0.1) is 6.26 Å². The quantitative estimate of drug-likeness (QED) is 0.450. The summed E-state index contributed by atoms with van der Waals surface area (Å²) in [6, 6.07) is 6.35. The summed E-state index contributed by atoms with van der Waals surface area (Å²) in [6.07, 6.45) is 8.92. The van der Waals surface area contributed by atoms with Crippen molar-refractivity contribution < 1.29 is 14.6 Å². The summed E-state index contributed by atoms with van der Waals surface area (Å²) in [5, 5.41) is 9.46. The third-order valence-electron chi connectivity index (χ3n) is 2.62. The summed E-state index contributed by atoms with van der Waals surface area (Å²) in [5.41, 5.74) is 0.188. The zero-order chi connectivity index (χ0) is 13.2. The van der Waals surface area contributed by atoms with E-state index >= 15 is 0 Å². The zero-order valence-electron chi connectivity index (χ0n) is 10.8. The second-order valence-electron chi connectivity index (χ2n) is 4.14. The molecule has 0 amide bonds. The highest BCUT2D eigenvalue weighted by Gasteiger charge is 2.09. The Balaban J connectivity index is 2.29. The third kappa shape index (κ3) is 5.04. The highest BCUT2D eigenvalue weighted by Crippen LogP contribution is 2.16. The van der Waals surface area contributed by atoms with Gasteiger partial charge in [0.2, 0.25) is 0 Å². The third-order valence-corrected chi connectivity index (χ3v) is 2.62. The molecule has 0 aliphatic carbocycles.